The first-order chi connectivity index (χ1) is 17.6. The van der Waals surface area contributed by atoms with Crippen LogP contribution in [0.1, 0.15) is 24.5 Å². The van der Waals surface area contributed by atoms with Gasteiger partial charge < -0.3 is 5.11 Å². The molecule has 0 fully saturated rings. The molecule has 0 bridgehead atoms. The maximum absolute atomic E-state index is 12.8. The predicted molar refractivity (Wildman–Crippen MR) is 152 cm³/mol. The Balaban J connectivity index is 1.71. The van der Waals surface area contributed by atoms with E-state index in [1.165, 1.54) is 16.2 Å². The van der Waals surface area contributed by atoms with Crippen molar-refractivity contribution in [2.75, 3.05) is 0 Å². The van der Waals surface area contributed by atoms with Gasteiger partial charge in [-0.1, -0.05) is 122 Å². The van der Waals surface area contributed by atoms with Gasteiger partial charge in [0.2, 0.25) is 0 Å². The van der Waals surface area contributed by atoms with Gasteiger partial charge in [-0.15, -0.1) is 0 Å². The van der Waals surface area contributed by atoms with Gasteiger partial charge in [-0.3, -0.25) is 0 Å². The molecule has 1 nitrogen and oxygen atoms in total. The average Bonchev–Trinajstić information content (AvgIpc) is 2.93. The first kappa shape index (κ1) is 22.8. The number of rotatable bonds is 4. The molecule has 5 aromatic carbocycles. The standard InChI is InChI=1S/C34H27ClO/c1-23-10-9-14-26(20-23)34(36,25-12-3-2-4-13-25)33-22-27(35)18-19-31(33)32-21-24-11-5-6-15-28(24)29-16-7-8-17-30(29)32/h2-9,11-23,36H,10H2,1H3. The van der Waals surface area contributed by atoms with Crippen molar-refractivity contribution in [2.24, 2.45) is 5.92 Å². The Labute approximate surface area is 217 Å². The minimum atomic E-state index is -1.36. The number of aliphatic hydroxyl groups is 1. The Bertz CT molecular complexity index is 1650. The molecule has 0 aromatic heterocycles. The van der Waals surface area contributed by atoms with E-state index in [0.29, 0.717) is 10.9 Å². The maximum Gasteiger partial charge on any atom is 0.140 e. The van der Waals surface area contributed by atoms with Gasteiger partial charge in [0.05, 0.1) is 0 Å². The zero-order chi connectivity index (χ0) is 24.7. The molecule has 6 rings (SSSR count). The smallest absolute Gasteiger partial charge is 0.140 e. The Morgan fingerprint density at radius 3 is 2.22 bits per heavy atom. The Kier molecular flexibility index (Phi) is 5.76. The highest BCUT2D eigenvalue weighted by atomic mass is 35.5. The van der Waals surface area contributed by atoms with Crippen molar-refractivity contribution in [1.29, 1.82) is 0 Å². The molecule has 0 heterocycles. The quantitative estimate of drug-likeness (QED) is 0.251. The van der Waals surface area contributed by atoms with Crippen molar-refractivity contribution < 1.29 is 5.11 Å². The van der Waals surface area contributed by atoms with E-state index in [9.17, 15) is 5.11 Å². The minimum absolute atomic E-state index is 0.337. The molecule has 36 heavy (non-hydrogen) atoms. The molecule has 176 valence electrons. The number of hydrogen-bond donors (Lipinski definition) is 1. The van der Waals surface area contributed by atoms with Crippen LogP contribution in [0.3, 0.4) is 0 Å². The SMILES string of the molecule is CC1C=C(C(O)(c2ccccc2)c2cc(Cl)ccc2-c2cc3ccccc3c3ccccc23)C=CC1. The number of allylic oxidation sites excluding steroid dienone is 2. The highest BCUT2D eigenvalue weighted by Crippen LogP contribution is 2.46. The molecule has 0 saturated carbocycles. The van der Waals surface area contributed by atoms with Crippen LogP contribution in [0.5, 0.6) is 0 Å². The van der Waals surface area contributed by atoms with Crippen LogP contribution in [0.4, 0.5) is 0 Å². The van der Waals surface area contributed by atoms with Gasteiger partial charge in [-0.25, -0.2) is 0 Å². The molecule has 0 radical (unpaired) electrons. The Morgan fingerprint density at radius 1 is 0.750 bits per heavy atom. The van der Waals surface area contributed by atoms with Crippen molar-refractivity contribution in [3.8, 4) is 11.1 Å². The van der Waals surface area contributed by atoms with Gasteiger partial charge in [0.1, 0.15) is 5.60 Å². The second-order valence-electron chi connectivity index (χ2n) is 9.69. The summed E-state index contributed by atoms with van der Waals surface area (Å²) in [6.07, 6.45) is 7.38. The summed E-state index contributed by atoms with van der Waals surface area (Å²) in [4.78, 5) is 0. The highest BCUT2D eigenvalue weighted by Gasteiger charge is 2.38. The van der Waals surface area contributed by atoms with E-state index >= 15 is 0 Å². The molecule has 5 aromatic rings. The summed E-state index contributed by atoms with van der Waals surface area (Å²) in [5.74, 6) is 0.337. The molecular weight excluding hydrogens is 460 g/mol. The first-order valence-corrected chi connectivity index (χ1v) is 12.8. The molecule has 0 saturated heterocycles. The van der Waals surface area contributed by atoms with E-state index in [4.69, 9.17) is 11.6 Å². The van der Waals surface area contributed by atoms with E-state index in [-0.39, 0.29) is 0 Å². The van der Waals surface area contributed by atoms with Crippen LogP contribution >= 0.6 is 11.6 Å². The normalized spacial score (nSPS) is 17.2. The van der Waals surface area contributed by atoms with Gasteiger partial charge in [-0.05, 0) is 74.3 Å². The molecule has 2 atom stereocenters. The predicted octanol–water partition coefficient (Wildman–Crippen LogP) is 9.07. The molecule has 1 aliphatic carbocycles. The van der Waals surface area contributed by atoms with Crippen LogP contribution in [-0.4, -0.2) is 5.11 Å². The first-order valence-electron chi connectivity index (χ1n) is 12.4. The van der Waals surface area contributed by atoms with Crippen LogP contribution in [0.25, 0.3) is 32.7 Å². The van der Waals surface area contributed by atoms with Crippen molar-refractivity contribution in [3.63, 3.8) is 0 Å². The summed E-state index contributed by atoms with van der Waals surface area (Å²) >= 11 is 6.63. The van der Waals surface area contributed by atoms with E-state index < -0.39 is 5.60 Å². The van der Waals surface area contributed by atoms with Crippen LogP contribution in [-0.2, 0) is 5.60 Å². The number of halogens is 1. The lowest BCUT2D eigenvalue weighted by molar-refractivity contribution is 0.124. The molecule has 0 amide bonds. The van der Waals surface area contributed by atoms with Gasteiger partial charge in [0, 0.05) is 10.6 Å². The topological polar surface area (TPSA) is 20.2 Å². The van der Waals surface area contributed by atoms with Crippen LogP contribution in [0.2, 0.25) is 5.02 Å². The lowest BCUT2D eigenvalue weighted by Crippen LogP contribution is -2.31. The molecular formula is C34H27ClO. The molecule has 0 spiro atoms. The third kappa shape index (κ3) is 3.76. The lowest BCUT2D eigenvalue weighted by atomic mass is 9.74. The van der Waals surface area contributed by atoms with Crippen molar-refractivity contribution >= 4 is 33.1 Å². The fraction of sp³-hybridized carbons (Fsp3) is 0.118. The van der Waals surface area contributed by atoms with Crippen LogP contribution in [0.15, 0.2) is 127 Å². The van der Waals surface area contributed by atoms with Crippen LogP contribution in [0, 0.1) is 5.92 Å². The van der Waals surface area contributed by atoms with Gasteiger partial charge in [0.25, 0.3) is 0 Å². The van der Waals surface area contributed by atoms with Crippen molar-refractivity contribution in [1.82, 2.24) is 0 Å². The van der Waals surface area contributed by atoms with E-state index in [1.807, 2.05) is 42.5 Å². The third-order valence-electron chi connectivity index (χ3n) is 7.31. The molecule has 2 unspecified atom stereocenters. The minimum Gasteiger partial charge on any atom is -0.376 e. The van der Waals surface area contributed by atoms with Gasteiger partial charge in [-0.2, -0.15) is 0 Å². The van der Waals surface area contributed by atoms with E-state index in [2.05, 4.69) is 85.8 Å². The Hall–Kier alpha value is -3.65. The van der Waals surface area contributed by atoms with Crippen LogP contribution < -0.4 is 0 Å². The summed E-state index contributed by atoms with van der Waals surface area (Å²) in [5, 5.41) is 18.1. The molecule has 0 aliphatic heterocycles. The molecule has 2 heteroatoms. The largest absolute Gasteiger partial charge is 0.376 e. The second-order valence-corrected chi connectivity index (χ2v) is 10.1. The van der Waals surface area contributed by atoms with Crippen molar-refractivity contribution in [3.05, 3.63) is 143 Å². The molecule has 1 N–H and O–H groups in total. The van der Waals surface area contributed by atoms with Gasteiger partial charge >= 0.3 is 0 Å². The Morgan fingerprint density at radius 2 is 1.44 bits per heavy atom. The third-order valence-corrected chi connectivity index (χ3v) is 7.54. The maximum atomic E-state index is 12.8. The zero-order valence-electron chi connectivity index (χ0n) is 20.2. The van der Waals surface area contributed by atoms with E-state index in [1.54, 1.807) is 0 Å². The number of benzene rings is 5. The summed E-state index contributed by atoms with van der Waals surface area (Å²) in [7, 11) is 0. The summed E-state index contributed by atoms with van der Waals surface area (Å²) < 4.78 is 0. The van der Waals surface area contributed by atoms with E-state index in [0.717, 1.165) is 39.6 Å². The monoisotopic (exact) mass is 486 g/mol. The lowest BCUT2D eigenvalue weighted by Gasteiger charge is -2.35. The summed E-state index contributed by atoms with van der Waals surface area (Å²) in [6, 6.07) is 35.1. The highest BCUT2D eigenvalue weighted by molar-refractivity contribution is 6.30. The van der Waals surface area contributed by atoms with Crippen molar-refractivity contribution in [2.45, 2.75) is 18.9 Å². The number of fused-ring (bicyclic) bond motifs is 3. The number of hydrogen-bond acceptors (Lipinski definition) is 1. The average molecular weight is 487 g/mol. The fourth-order valence-corrected chi connectivity index (χ4v) is 5.74. The van der Waals surface area contributed by atoms with Gasteiger partial charge in [0.15, 0.2) is 0 Å². The summed E-state index contributed by atoms with van der Waals surface area (Å²) in [6.45, 7) is 2.19. The fourth-order valence-electron chi connectivity index (χ4n) is 5.57. The second kappa shape index (κ2) is 9.09. The molecule has 1 aliphatic rings. The summed E-state index contributed by atoms with van der Waals surface area (Å²) in [5.41, 5.74) is 3.18. The zero-order valence-corrected chi connectivity index (χ0v) is 20.9.